The molecule has 3 aromatic heterocycles. The first-order valence-corrected chi connectivity index (χ1v) is 10.5. The number of anilines is 1. The van der Waals surface area contributed by atoms with Crippen LogP contribution in [0.5, 0.6) is 0 Å². The van der Waals surface area contributed by atoms with Crippen molar-refractivity contribution < 1.29 is 14.0 Å². The van der Waals surface area contributed by atoms with Crippen molar-refractivity contribution in [2.45, 2.75) is 19.3 Å². The summed E-state index contributed by atoms with van der Waals surface area (Å²) in [5.74, 6) is -1.22. The Kier molecular flexibility index (Phi) is 4.63. The van der Waals surface area contributed by atoms with Crippen LogP contribution in [0.4, 0.5) is 9.52 Å². The predicted octanol–water partition coefficient (Wildman–Crippen LogP) is 3.30. The van der Waals surface area contributed by atoms with Gasteiger partial charge in [0.1, 0.15) is 11.5 Å². The average Bonchev–Trinajstić information content (AvgIpc) is 3.52. The van der Waals surface area contributed by atoms with Crippen LogP contribution in [0.3, 0.4) is 0 Å². The molecule has 0 fully saturated rings. The highest BCUT2D eigenvalue weighted by Crippen LogP contribution is 2.30. The molecule has 5 rings (SSSR count). The first-order chi connectivity index (χ1) is 15.0. The Morgan fingerprint density at radius 1 is 1.23 bits per heavy atom. The summed E-state index contributed by atoms with van der Waals surface area (Å²) in [5, 5.41) is 9.53. The van der Waals surface area contributed by atoms with Crippen molar-refractivity contribution in [3.8, 4) is 16.9 Å². The van der Waals surface area contributed by atoms with Gasteiger partial charge in [0.2, 0.25) is 0 Å². The molecule has 0 saturated heterocycles. The molecule has 1 aliphatic carbocycles. The van der Waals surface area contributed by atoms with Crippen LogP contribution in [0.2, 0.25) is 0 Å². The number of nitrogens with zero attached hydrogens (tertiary/aromatic N) is 3. The Hall–Kier alpha value is -3.79. The largest absolute Gasteiger partial charge is 0.364 e. The number of fused-ring (bicyclic) bond motifs is 1. The second-order valence-electron chi connectivity index (χ2n) is 7.17. The fraction of sp³-hybridized carbons (Fsp3) is 0.143. The number of rotatable bonds is 5. The fourth-order valence-corrected chi connectivity index (χ4v) is 4.43. The van der Waals surface area contributed by atoms with Gasteiger partial charge >= 0.3 is 0 Å². The van der Waals surface area contributed by atoms with Gasteiger partial charge in [-0.1, -0.05) is 0 Å². The van der Waals surface area contributed by atoms with Crippen molar-refractivity contribution in [2.75, 3.05) is 5.32 Å². The standard InChI is InChI=1S/C21H17FN6O2S/c22-12-4-6-13(7-5-12)28-17-3-1-2-14(17)18(27-28)20(30)26-21-25-16(10-31-21)11-8-15(19(23)29)24-9-11/h4-10,24H,1-3H2,(H2,23,29)(H,25,26,30). The number of halogens is 1. The number of aromatic nitrogens is 4. The fourth-order valence-electron chi connectivity index (χ4n) is 3.72. The lowest BCUT2D eigenvalue weighted by Gasteiger charge is -2.05. The lowest BCUT2D eigenvalue weighted by Crippen LogP contribution is -2.14. The van der Waals surface area contributed by atoms with E-state index in [0.717, 1.165) is 30.5 Å². The third-order valence-electron chi connectivity index (χ3n) is 5.19. The van der Waals surface area contributed by atoms with Gasteiger partial charge in [0.15, 0.2) is 10.8 Å². The van der Waals surface area contributed by atoms with Crippen LogP contribution in [0.25, 0.3) is 16.9 Å². The van der Waals surface area contributed by atoms with Gasteiger partial charge in [0.05, 0.1) is 11.4 Å². The molecule has 0 unspecified atom stereocenters. The molecule has 4 aromatic rings. The Morgan fingerprint density at radius 3 is 2.77 bits per heavy atom. The van der Waals surface area contributed by atoms with E-state index in [-0.39, 0.29) is 17.4 Å². The van der Waals surface area contributed by atoms with E-state index in [1.165, 1.54) is 23.5 Å². The minimum atomic E-state index is -0.555. The number of hydrogen-bond acceptors (Lipinski definition) is 5. The van der Waals surface area contributed by atoms with Gasteiger partial charge in [-0.2, -0.15) is 5.10 Å². The monoisotopic (exact) mass is 436 g/mol. The molecule has 0 spiro atoms. The number of primary amides is 1. The lowest BCUT2D eigenvalue weighted by molar-refractivity contribution is 0.0993. The summed E-state index contributed by atoms with van der Waals surface area (Å²) < 4.78 is 15.0. The maximum Gasteiger partial charge on any atom is 0.278 e. The quantitative estimate of drug-likeness (QED) is 0.445. The lowest BCUT2D eigenvalue weighted by atomic mass is 10.2. The number of amides is 2. The van der Waals surface area contributed by atoms with Gasteiger partial charge in [-0.3, -0.25) is 14.9 Å². The third-order valence-corrected chi connectivity index (χ3v) is 5.94. The maximum absolute atomic E-state index is 13.3. The first kappa shape index (κ1) is 19.2. The predicted molar refractivity (Wildman–Crippen MR) is 114 cm³/mol. The number of carbonyl (C=O) groups is 2. The summed E-state index contributed by atoms with van der Waals surface area (Å²) in [7, 11) is 0. The van der Waals surface area contributed by atoms with Crippen molar-refractivity contribution in [1.82, 2.24) is 19.7 Å². The highest BCUT2D eigenvalue weighted by atomic mass is 32.1. The van der Waals surface area contributed by atoms with Crippen molar-refractivity contribution in [2.24, 2.45) is 5.73 Å². The summed E-state index contributed by atoms with van der Waals surface area (Å²) >= 11 is 1.27. The summed E-state index contributed by atoms with van der Waals surface area (Å²) in [4.78, 5) is 31.4. The maximum atomic E-state index is 13.3. The zero-order chi connectivity index (χ0) is 21.5. The van der Waals surface area contributed by atoms with E-state index >= 15 is 0 Å². The van der Waals surface area contributed by atoms with Crippen molar-refractivity contribution in [3.05, 3.63) is 70.4 Å². The summed E-state index contributed by atoms with van der Waals surface area (Å²) in [5.41, 5.74) is 9.83. The molecule has 8 nitrogen and oxygen atoms in total. The molecule has 0 atom stereocenters. The number of hydrogen-bond donors (Lipinski definition) is 3. The van der Waals surface area contributed by atoms with Gasteiger partial charge in [-0.05, 0) is 49.6 Å². The second kappa shape index (κ2) is 7.47. The van der Waals surface area contributed by atoms with Crippen LogP contribution in [0, 0.1) is 5.82 Å². The normalized spacial score (nSPS) is 12.7. The second-order valence-corrected chi connectivity index (χ2v) is 8.03. The molecule has 1 aliphatic rings. The number of aromatic amines is 1. The number of carbonyl (C=O) groups excluding carboxylic acids is 2. The Bertz CT molecular complexity index is 1300. The molecule has 4 N–H and O–H groups in total. The number of nitrogens with one attached hydrogen (secondary N) is 2. The zero-order valence-electron chi connectivity index (χ0n) is 16.2. The average molecular weight is 436 g/mol. The summed E-state index contributed by atoms with van der Waals surface area (Å²) in [6, 6.07) is 7.65. The molecular weight excluding hydrogens is 419 g/mol. The molecule has 10 heteroatoms. The zero-order valence-corrected chi connectivity index (χ0v) is 17.0. The molecular formula is C21H17FN6O2S. The molecule has 0 radical (unpaired) electrons. The smallest absolute Gasteiger partial charge is 0.278 e. The SMILES string of the molecule is NC(=O)c1cc(-c2csc(NC(=O)c3nn(-c4ccc(F)cc4)c4c3CCC4)n2)c[nH]1. The van der Waals surface area contributed by atoms with Gasteiger partial charge in [-0.15, -0.1) is 11.3 Å². The van der Waals surface area contributed by atoms with Crippen LogP contribution in [0.1, 0.15) is 38.7 Å². The van der Waals surface area contributed by atoms with E-state index < -0.39 is 5.91 Å². The highest BCUT2D eigenvalue weighted by molar-refractivity contribution is 7.14. The van der Waals surface area contributed by atoms with Crippen LogP contribution in [-0.4, -0.2) is 31.6 Å². The molecule has 31 heavy (non-hydrogen) atoms. The minimum Gasteiger partial charge on any atom is -0.364 e. The van der Waals surface area contributed by atoms with Gasteiger partial charge < -0.3 is 10.7 Å². The third kappa shape index (κ3) is 3.50. The number of H-pyrrole nitrogens is 1. The van der Waals surface area contributed by atoms with Crippen LogP contribution < -0.4 is 11.1 Å². The topological polar surface area (TPSA) is 119 Å². The molecule has 0 bridgehead atoms. The number of benzene rings is 1. The Balaban J connectivity index is 1.40. The summed E-state index contributed by atoms with van der Waals surface area (Å²) in [6.45, 7) is 0. The van der Waals surface area contributed by atoms with Crippen LogP contribution in [-0.2, 0) is 12.8 Å². The summed E-state index contributed by atoms with van der Waals surface area (Å²) in [6.07, 6.45) is 4.15. The van der Waals surface area contributed by atoms with E-state index in [1.54, 1.807) is 34.5 Å². The molecule has 2 amide bonds. The van der Waals surface area contributed by atoms with E-state index in [1.807, 2.05) is 0 Å². The van der Waals surface area contributed by atoms with Crippen molar-refractivity contribution >= 4 is 28.3 Å². The van der Waals surface area contributed by atoms with E-state index in [0.29, 0.717) is 27.8 Å². The Labute approximate surface area is 179 Å². The molecule has 0 saturated carbocycles. The molecule has 156 valence electrons. The molecule has 1 aromatic carbocycles. The molecule has 0 aliphatic heterocycles. The Morgan fingerprint density at radius 2 is 2.03 bits per heavy atom. The van der Waals surface area contributed by atoms with Gasteiger partial charge in [-0.25, -0.2) is 14.1 Å². The molecule has 3 heterocycles. The van der Waals surface area contributed by atoms with Crippen LogP contribution in [0.15, 0.2) is 41.9 Å². The van der Waals surface area contributed by atoms with Gasteiger partial charge in [0, 0.05) is 28.4 Å². The number of thiazole rings is 1. The van der Waals surface area contributed by atoms with E-state index in [4.69, 9.17) is 5.73 Å². The van der Waals surface area contributed by atoms with Crippen molar-refractivity contribution in [1.29, 1.82) is 0 Å². The van der Waals surface area contributed by atoms with E-state index in [2.05, 4.69) is 20.4 Å². The van der Waals surface area contributed by atoms with Crippen LogP contribution >= 0.6 is 11.3 Å². The minimum absolute atomic E-state index is 0.287. The first-order valence-electron chi connectivity index (χ1n) is 9.62. The number of nitrogens with two attached hydrogens (primary N) is 1. The van der Waals surface area contributed by atoms with Crippen molar-refractivity contribution in [3.63, 3.8) is 0 Å². The van der Waals surface area contributed by atoms with Gasteiger partial charge in [0.25, 0.3) is 11.8 Å². The van der Waals surface area contributed by atoms with E-state index in [9.17, 15) is 14.0 Å². The highest BCUT2D eigenvalue weighted by Gasteiger charge is 2.27.